The first kappa shape index (κ1) is 14.9. The molecule has 1 aromatic rings. The molecule has 0 spiro atoms. The van der Waals surface area contributed by atoms with Crippen LogP contribution in [-0.4, -0.2) is 7.05 Å². The second-order valence-electron chi connectivity index (χ2n) is 5.97. The predicted molar refractivity (Wildman–Crippen MR) is 83.7 cm³/mol. The van der Waals surface area contributed by atoms with E-state index in [0.29, 0.717) is 6.04 Å². The Bertz CT molecular complexity index is 416. The Hall–Kier alpha value is -0.530. The van der Waals surface area contributed by atoms with E-state index in [9.17, 15) is 0 Å². The highest BCUT2D eigenvalue weighted by atomic mass is 35.5. The SMILES string of the molecule is CCC1CCCC(C(NC)c2ccc(Cl)cc2C)C1. The van der Waals surface area contributed by atoms with Crippen molar-refractivity contribution in [3.63, 3.8) is 0 Å². The van der Waals surface area contributed by atoms with Gasteiger partial charge in [0.05, 0.1) is 0 Å². The Kier molecular flexibility index (Phi) is 5.29. The Labute approximate surface area is 122 Å². The van der Waals surface area contributed by atoms with E-state index >= 15 is 0 Å². The third kappa shape index (κ3) is 3.52. The van der Waals surface area contributed by atoms with Gasteiger partial charge in [-0.1, -0.05) is 43.9 Å². The van der Waals surface area contributed by atoms with Gasteiger partial charge in [0.25, 0.3) is 0 Å². The lowest BCUT2D eigenvalue weighted by Crippen LogP contribution is -2.30. The van der Waals surface area contributed by atoms with Gasteiger partial charge in [0, 0.05) is 11.1 Å². The third-order valence-corrected chi connectivity index (χ3v) is 4.99. The average molecular weight is 280 g/mol. The molecule has 0 aliphatic heterocycles. The van der Waals surface area contributed by atoms with Gasteiger partial charge in [-0.15, -0.1) is 0 Å². The zero-order chi connectivity index (χ0) is 13.8. The van der Waals surface area contributed by atoms with E-state index in [1.165, 1.54) is 43.2 Å². The average Bonchev–Trinajstić information content (AvgIpc) is 2.42. The van der Waals surface area contributed by atoms with Gasteiger partial charge < -0.3 is 5.32 Å². The summed E-state index contributed by atoms with van der Waals surface area (Å²) in [7, 11) is 2.09. The number of aryl methyl sites for hydroxylation is 1. The number of rotatable bonds is 4. The lowest BCUT2D eigenvalue weighted by Gasteiger charge is -2.35. The van der Waals surface area contributed by atoms with Crippen LogP contribution in [0.3, 0.4) is 0 Å². The second-order valence-corrected chi connectivity index (χ2v) is 6.40. The molecular weight excluding hydrogens is 254 g/mol. The van der Waals surface area contributed by atoms with Crippen molar-refractivity contribution in [2.24, 2.45) is 11.8 Å². The fourth-order valence-corrected chi connectivity index (χ4v) is 3.87. The maximum Gasteiger partial charge on any atom is 0.0408 e. The molecule has 106 valence electrons. The maximum atomic E-state index is 6.08. The first-order valence-electron chi connectivity index (χ1n) is 7.59. The number of hydrogen-bond donors (Lipinski definition) is 1. The van der Waals surface area contributed by atoms with Crippen molar-refractivity contribution in [3.05, 3.63) is 34.3 Å². The van der Waals surface area contributed by atoms with Crippen LogP contribution in [0.5, 0.6) is 0 Å². The smallest absolute Gasteiger partial charge is 0.0408 e. The van der Waals surface area contributed by atoms with Gasteiger partial charge in [-0.05, 0) is 61.9 Å². The summed E-state index contributed by atoms with van der Waals surface area (Å²) in [5.41, 5.74) is 2.74. The zero-order valence-electron chi connectivity index (χ0n) is 12.4. The van der Waals surface area contributed by atoms with E-state index < -0.39 is 0 Å². The lowest BCUT2D eigenvalue weighted by atomic mass is 9.74. The molecule has 19 heavy (non-hydrogen) atoms. The minimum atomic E-state index is 0.478. The largest absolute Gasteiger partial charge is 0.313 e. The van der Waals surface area contributed by atoms with Gasteiger partial charge in [-0.2, -0.15) is 0 Å². The van der Waals surface area contributed by atoms with Gasteiger partial charge in [-0.25, -0.2) is 0 Å². The Balaban J connectivity index is 2.19. The zero-order valence-corrected chi connectivity index (χ0v) is 13.1. The first-order chi connectivity index (χ1) is 9.15. The van der Waals surface area contributed by atoms with E-state index in [-0.39, 0.29) is 0 Å². The standard InChI is InChI=1S/C17H26ClN/c1-4-13-6-5-7-14(11-13)17(19-3)16-9-8-15(18)10-12(16)2/h8-10,13-14,17,19H,4-7,11H2,1-3H3. The highest BCUT2D eigenvalue weighted by Crippen LogP contribution is 2.39. The molecule has 1 nitrogen and oxygen atoms in total. The number of hydrogen-bond acceptors (Lipinski definition) is 1. The normalized spacial score (nSPS) is 25.3. The summed E-state index contributed by atoms with van der Waals surface area (Å²) in [5.74, 6) is 1.69. The molecule has 0 heterocycles. The minimum Gasteiger partial charge on any atom is -0.313 e. The van der Waals surface area contributed by atoms with Crippen LogP contribution in [-0.2, 0) is 0 Å². The van der Waals surface area contributed by atoms with Crippen molar-refractivity contribution in [2.75, 3.05) is 7.05 Å². The van der Waals surface area contributed by atoms with Crippen LogP contribution < -0.4 is 5.32 Å². The van der Waals surface area contributed by atoms with E-state index in [4.69, 9.17) is 11.6 Å². The summed E-state index contributed by atoms with van der Waals surface area (Å²) in [5, 5.41) is 4.39. The third-order valence-electron chi connectivity index (χ3n) is 4.75. The van der Waals surface area contributed by atoms with Crippen LogP contribution in [0.4, 0.5) is 0 Å². The van der Waals surface area contributed by atoms with Crippen LogP contribution in [0.25, 0.3) is 0 Å². The highest BCUT2D eigenvalue weighted by molar-refractivity contribution is 6.30. The van der Waals surface area contributed by atoms with Gasteiger partial charge in [0.2, 0.25) is 0 Å². The van der Waals surface area contributed by atoms with Crippen LogP contribution >= 0.6 is 11.6 Å². The number of nitrogens with one attached hydrogen (secondary N) is 1. The highest BCUT2D eigenvalue weighted by Gasteiger charge is 2.28. The predicted octanol–water partition coefficient (Wildman–Crippen LogP) is 5.13. The molecule has 3 atom stereocenters. The molecule has 2 heteroatoms. The molecule has 1 saturated carbocycles. The van der Waals surface area contributed by atoms with Crippen molar-refractivity contribution in [1.29, 1.82) is 0 Å². The van der Waals surface area contributed by atoms with Crippen molar-refractivity contribution in [3.8, 4) is 0 Å². The molecular formula is C17H26ClN. The molecule has 0 aromatic heterocycles. The molecule has 2 rings (SSSR count). The second kappa shape index (κ2) is 6.76. The Morgan fingerprint density at radius 2 is 2.16 bits per heavy atom. The van der Waals surface area contributed by atoms with Crippen LogP contribution in [0.15, 0.2) is 18.2 Å². The molecule has 1 aromatic carbocycles. The number of benzene rings is 1. The van der Waals surface area contributed by atoms with Gasteiger partial charge in [0.1, 0.15) is 0 Å². The van der Waals surface area contributed by atoms with Crippen molar-refractivity contribution < 1.29 is 0 Å². The minimum absolute atomic E-state index is 0.478. The maximum absolute atomic E-state index is 6.08. The Morgan fingerprint density at radius 1 is 1.37 bits per heavy atom. The molecule has 3 unspecified atom stereocenters. The Morgan fingerprint density at radius 3 is 2.79 bits per heavy atom. The molecule has 0 saturated heterocycles. The molecule has 1 N–H and O–H groups in total. The summed E-state index contributed by atoms with van der Waals surface area (Å²) >= 11 is 6.08. The van der Waals surface area contributed by atoms with Gasteiger partial charge >= 0.3 is 0 Å². The molecule has 0 bridgehead atoms. The quantitative estimate of drug-likeness (QED) is 0.806. The topological polar surface area (TPSA) is 12.0 Å². The van der Waals surface area contributed by atoms with Crippen molar-refractivity contribution in [1.82, 2.24) is 5.32 Å². The van der Waals surface area contributed by atoms with Crippen LogP contribution in [0, 0.1) is 18.8 Å². The van der Waals surface area contributed by atoms with E-state index in [2.05, 4.69) is 38.3 Å². The summed E-state index contributed by atoms with van der Waals surface area (Å²) in [6.45, 7) is 4.50. The van der Waals surface area contributed by atoms with E-state index in [1.54, 1.807) is 0 Å². The summed E-state index contributed by atoms with van der Waals surface area (Å²) < 4.78 is 0. The van der Waals surface area contributed by atoms with E-state index in [0.717, 1.165) is 16.9 Å². The summed E-state index contributed by atoms with van der Waals surface area (Å²) in [4.78, 5) is 0. The molecule has 1 aliphatic rings. The molecule has 1 fully saturated rings. The monoisotopic (exact) mass is 279 g/mol. The molecule has 1 aliphatic carbocycles. The molecule has 0 amide bonds. The van der Waals surface area contributed by atoms with Crippen molar-refractivity contribution in [2.45, 2.75) is 52.0 Å². The lowest BCUT2D eigenvalue weighted by molar-refractivity contribution is 0.214. The van der Waals surface area contributed by atoms with Gasteiger partial charge in [-0.3, -0.25) is 0 Å². The van der Waals surface area contributed by atoms with Crippen LogP contribution in [0.2, 0.25) is 5.02 Å². The van der Waals surface area contributed by atoms with Crippen molar-refractivity contribution >= 4 is 11.6 Å². The van der Waals surface area contributed by atoms with E-state index in [1.807, 2.05) is 6.07 Å². The fraction of sp³-hybridized carbons (Fsp3) is 0.647. The summed E-state index contributed by atoms with van der Waals surface area (Å²) in [6.07, 6.45) is 6.84. The van der Waals surface area contributed by atoms with Gasteiger partial charge in [0.15, 0.2) is 0 Å². The fourth-order valence-electron chi connectivity index (χ4n) is 3.64. The number of halogens is 1. The summed E-state index contributed by atoms with van der Waals surface area (Å²) in [6, 6.07) is 6.79. The van der Waals surface area contributed by atoms with Crippen LogP contribution in [0.1, 0.15) is 56.2 Å². The molecule has 0 radical (unpaired) electrons. The first-order valence-corrected chi connectivity index (χ1v) is 7.96.